The predicted octanol–water partition coefficient (Wildman–Crippen LogP) is 2.78. The van der Waals surface area contributed by atoms with Gasteiger partial charge in [0.25, 0.3) is 5.91 Å². The fraction of sp³-hybridized carbons (Fsp3) is 0.542. The van der Waals surface area contributed by atoms with Crippen molar-refractivity contribution in [2.24, 2.45) is 5.92 Å². The lowest BCUT2D eigenvalue weighted by atomic mass is 9.89. The van der Waals surface area contributed by atoms with E-state index in [0.29, 0.717) is 62.9 Å². The number of carbonyl (C=O) groups is 2. The second kappa shape index (κ2) is 10.7. The molecule has 0 bridgehead atoms. The van der Waals surface area contributed by atoms with Gasteiger partial charge in [-0.2, -0.15) is 0 Å². The number of para-hydroxylation sites is 1. The van der Waals surface area contributed by atoms with Gasteiger partial charge in [0.1, 0.15) is 6.61 Å². The lowest BCUT2D eigenvalue weighted by molar-refractivity contribution is 0.0916. The van der Waals surface area contributed by atoms with E-state index in [2.05, 4.69) is 10.2 Å². The number of ether oxygens (including phenoxy) is 1. The molecule has 33 heavy (non-hydrogen) atoms. The largest absolute Gasteiger partial charge is 0.488 e. The summed E-state index contributed by atoms with van der Waals surface area (Å²) in [6, 6.07) is 6.34. The van der Waals surface area contributed by atoms with E-state index >= 15 is 0 Å². The van der Waals surface area contributed by atoms with Crippen LogP contribution in [0.3, 0.4) is 0 Å². The maximum absolute atomic E-state index is 12.7. The van der Waals surface area contributed by atoms with Gasteiger partial charge in [0.2, 0.25) is 0 Å². The molecule has 2 N–H and O–H groups in total. The average Bonchev–Trinajstić information content (AvgIpc) is 2.83. The van der Waals surface area contributed by atoms with Crippen LogP contribution >= 0.6 is 0 Å². The number of carboxylic acid groups (broad SMARTS) is 1. The summed E-state index contributed by atoms with van der Waals surface area (Å²) in [6.45, 7) is 3.80. The van der Waals surface area contributed by atoms with E-state index in [1.807, 2.05) is 0 Å². The van der Waals surface area contributed by atoms with Crippen molar-refractivity contribution in [2.75, 3.05) is 45.9 Å². The van der Waals surface area contributed by atoms with Crippen molar-refractivity contribution in [3.63, 3.8) is 0 Å². The van der Waals surface area contributed by atoms with Crippen LogP contribution in [0.1, 0.15) is 42.7 Å². The minimum Gasteiger partial charge on any atom is -0.488 e. The highest BCUT2D eigenvalue weighted by molar-refractivity contribution is 5.93. The molecule has 9 nitrogen and oxygen atoms in total. The minimum absolute atomic E-state index is 0.0100. The van der Waals surface area contributed by atoms with Gasteiger partial charge in [-0.15, -0.1) is 0 Å². The van der Waals surface area contributed by atoms with Crippen molar-refractivity contribution >= 4 is 23.0 Å². The summed E-state index contributed by atoms with van der Waals surface area (Å²) in [4.78, 5) is 39.8. The third-order valence-corrected chi connectivity index (χ3v) is 6.53. The Kier molecular flexibility index (Phi) is 7.49. The summed E-state index contributed by atoms with van der Waals surface area (Å²) in [5.41, 5.74) is -0.0159. The fourth-order valence-corrected chi connectivity index (χ4v) is 4.54. The van der Waals surface area contributed by atoms with Crippen LogP contribution in [0, 0.1) is 5.92 Å². The Bertz CT molecular complexity index is 1040. The molecule has 1 aromatic heterocycles. The Morgan fingerprint density at radius 2 is 1.88 bits per heavy atom. The number of hydrogen-bond donors (Lipinski definition) is 2. The first-order valence-corrected chi connectivity index (χ1v) is 11.7. The highest BCUT2D eigenvalue weighted by atomic mass is 16.5. The van der Waals surface area contributed by atoms with Crippen molar-refractivity contribution in [3.8, 4) is 5.75 Å². The van der Waals surface area contributed by atoms with Gasteiger partial charge in [-0.1, -0.05) is 25.3 Å². The molecule has 0 spiro atoms. The molecule has 2 heterocycles. The number of piperazine rings is 1. The van der Waals surface area contributed by atoms with Crippen LogP contribution in [-0.2, 0) is 0 Å². The van der Waals surface area contributed by atoms with E-state index in [1.165, 1.54) is 30.2 Å². The van der Waals surface area contributed by atoms with Crippen molar-refractivity contribution < 1.29 is 23.8 Å². The van der Waals surface area contributed by atoms with Crippen molar-refractivity contribution in [2.45, 2.75) is 32.1 Å². The smallest absolute Gasteiger partial charge is 0.407 e. The number of benzene rings is 1. The fourth-order valence-electron chi connectivity index (χ4n) is 4.54. The number of hydrogen-bond acceptors (Lipinski definition) is 6. The van der Waals surface area contributed by atoms with Crippen LogP contribution in [-0.4, -0.2) is 72.8 Å². The number of nitrogens with zero attached hydrogens (tertiary/aromatic N) is 2. The molecule has 178 valence electrons. The number of fused-ring (bicyclic) bond motifs is 1. The second-order valence-corrected chi connectivity index (χ2v) is 8.78. The molecule has 1 aliphatic carbocycles. The third-order valence-electron chi connectivity index (χ3n) is 6.53. The molecule has 9 heteroatoms. The van der Waals surface area contributed by atoms with Crippen molar-refractivity contribution in [3.05, 3.63) is 40.2 Å². The topological polar surface area (TPSA) is 112 Å². The monoisotopic (exact) mass is 457 g/mol. The van der Waals surface area contributed by atoms with Gasteiger partial charge in [-0.3, -0.25) is 14.5 Å². The highest BCUT2D eigenvalue weighted by Crippen LogP contribution is 2.25. The lowest BCUT2D eigenvalue weighted by Gasteiger charge is -2.32. The first-order valence-electron chi connectivity index (χ1n) is 11.7. The molecule has 2 fully saturated rings. The molecule has 0 unspecified atom stereocenters. The normalized spacial score (nSPS) is 17.8. The van der Waals surface area contributed by atoms with E-state index < -0.39 is 6.09 Å². The first kappa shape index (κ1) is 23.1. The Labute approximate surface area is 192 Å². The molecular weight excluding hydrogens is 426 g/mol. The number of rotatable bonds is 7. The van der Waals surface area contributed by atoms with Gasteiger partial charge >= 0.3 is 6.09 Å². The predicted molar refractivity (Wildman–Crippen MR) is 123 cm³/mol. The Hall–Kier alpha value is -3.07. The zero-order chi connectivity index (χ0) is 23.2. The Morgan fingerprint density at radius 3 is 2.61 bits per heavy atom. The minimum atomic E-state index is -0.893. The average molecular weight is 458 g/mol. The molecule has 2 aromatic rings. The standard InChI is InChI=1S/C24H31N3O6/c28-19-15-21(23(29)25-16-17-5-2-1-3-6-17)33-22-18(19)7-4-8-20(22)32-14-13-26-9-11-27(12-10-26)24(30)31/h4,7-8,15,17H,1-3,5-6,9-14,16H2,(H,25,29)(H,30,31). The highest BCUT2D eigenvalue weighted by Gasteiger charge is 2.21. The number of carbonyl (C=O) groups excluding carboxylic acids is 1. The lowest BCUT2D eigenvalue weighted by Crippen LogP contribution is -2.49. The number of amides is 2. The zero-order valence-electron chi connectivity index (χ0n) is 18.8. The van der Waals surface area contributed by atoms with Gasteiger partial charge in [0.15, 0.2) is 22.5 Å². The van der Waals surface area contributed by atoms with E-state index in [-0.39, 0.29) is 22.7 Å². The van der Waals surface area contributed by atoms with E-state index in [0.717, 1.165) is 12.8 Å². The quantitative estimate of drug-likeness (QED) is 0.657. The molecule has 1 saturated heterocycles. The van der Waals surface area contributed by atoms with Crippen LogP contribution in [0.2, 0.25) is 0 Å². The van der Waals surface area contributed by atoms with Gasteiger partial charge in [0.05, 0.1) is 5.39 Å². The van der Waals surface area contributed by atoms with Gasteiger partial charge in [-0.25, -0.2) is 4.79 Å². The summed E-state index contributed by atoms with van der Waals surface area (Å²) < 4.78 is 11.7. The molecule has 1 aliphatic heterocycles. The number of nitrogens with one attached hydrogen (secondary N) is 1. The van der Waals surface area contributed by atoms with E-state index in [1.54, 1.807) is 18.2 Å². The van der Waals surface area contributed by atoms with Crippen molar-refractivity contribution in [1.82, 2.24) is 15.1 Å². The van der Waals surface area contributed by atoms with E-state index in [4.69, 9.17) is 14.3 Å². The van der Waals surface area contributed by atoms with Gasteiger partial charge in [-0.05, 0) is 30.9 Å². The third kappa shape index (κ3) is 5.84. The molecular formula is C24H31N3O6. The summed E-state index contributed by atoms with van der Waals surface area (Å²) in [5.74, 6) is 0.497. The molecule has 1 saturated carbocycles. The summed E-state index contributed by atoms with van der Waals surface area (Å²) in [7, 11) is 0. The molecule has 4 rings (SSSR count). The van der Waals surface area contributed by atoms with Crippen LogP contribution < -0.4 is 15.5 Å². The van der Waals surface area contributed by atoms with Crippen LogP contribution in [0.4, 0.5) is 4.79 Å². The maximum Gasteiger partial charge on any atom is 0.407 e. The van der Waals surface area contributed by atoms with Gasteiger partial charge < -0.3 is 24.5 Å². The summed E-state index contributed by atoms with van der Waals surface area (Å²) in [6.07, 6.45) is 4.99. The van der Waals surface area contributed by atoms with Crippen molar-refractivity contribution in [1.29, 1.82) is 0 Å². The summed E-state index contributed by atoms with van der Waals surface area (Å²) >= 11 is 0. The molecule has 1 aromatic carbocycles. The Balaban J connectivity index is 1.39. The molecule has 0 atom stereocenters. The summed E-state index contributed by atoms with van der Waals surface area (Å²) in [5, 5.41) is 12.3. The molecule has 2 aliphatic rings. The maximum atomic E-state index is 12.7. The van der Waals surface area contributed by atoms with Gasteiger partial charge in [0, 0.05) is 45.3 Å². The zero-order valence-corrected chi connectivity index (χ0v) is 18.8. The van der Waals surface area contributed by atoms with E-state index in [9.17, 15) is 14.4 Å². The van der Waals surface area contributed by atoms with Crippen LogP contribution in [0.5, 0.6) is 5.75 Å². The Morgan fingerprint density at radius 1 is 1.12 bits per heavy atom. The molecule has 0 radical (unpaired) electrons. The first-order chi connectivity index (χ1) is 16.0. The van der Waals surface area contributed by atoms with Crippen LogP contribution in [0.15, 0.2) is 33.5 Å². The SMILES string of the molecule is O=C(NCC1CCCCC1)c1cc(=O)c2cccc(OCCN3CCN(C(=O)O)CC3)c2o1. The molecule has 2 amide bonds. The van der Waals surface area contributed by atoms with Crippen LogP contribution in [0.25, 0.3) is 11.0 Å². The second-order valence-electron chi connectivity index (χ2n) is 8.78.